The molecule has 1 aromatic rings. The van der Waals surface area contributed by atoms with Crippen LogP contribution in [0.3, 0.4) is 0 Å². The zero-order valence-corrected chi connectivity index (χ0v) is 8.17. The van der Waals surface area contributed by atoms with Crippen LogP contribution in [0.4, 0.5) is 5.82 Å². The van der Waals surface area contributed by atoms with Crippen molar-refractivity contribution in [3.8, 4) is 0 Å². The minimum atomic E-state index is -0.143. The molecule has 0 aliphatic rings. The summed E-state index contributed by atoms with van der Waals surface area (Å²) in [6.07, 6.45) is 0. The van der Waals surface area contributed by atoms with Gasteiger partial charge in [-0.05, 0) is 12.1 Å². The van der Waals surface area contributed by atoms with Gasteiger partial charge in [0.1, 0.15) is 11.0 Å². The molecule has 1 heterocycles. The van der Waals surface area contributed by atoms with Gasteiger partial charge in [-0.15, -0.1) is 0 Å². The summed E-state index contributed by atoms with van der Waals surface area (Å²) in [5.41, 5.74) is 5.88. The van der Waals surface area contributed by atoms with Crippen molar-refractivity contribution in [2.24, 2.45) is 0 Å². The number of pyridine rings is 1. The van der Waals surface area contributed by atoms with Crippen LogP contribution in [0.1, 0.15) is 10.4 Å². The third-order valence-electron chi connectivity index (χ3n) is 1.47. The molecule has 0 unspecified atom stereocenters. The van der Waals surface area contributed by atoms with Crippen LogP contribution in [0, 0.1) is 0 Å². The van der Waals surface area contributed by atoms with Crippen LogP contribution in [0.15, 0.2) is 12.1 Å². The number of nitrogens with zero attached hydrogens (tertiary/aromatic N) is 2. The van der Waals surface area contributed by atoms with E-state index in [4.69, 9.17) is 17.3 Å². The normalized spacial score (nSPS) is 9.77. The third-order valence-corrected chi connectivity index (χ3v) is 1.66. The van der Waals surface area contributed by atoms with Crippen LogP contribution in [-0.4, -0.2) is 29.9 Å². The van der Waals surface area contributed by atoms with E-state index in [1.807, 2.05) is 0 Å². The largest absolute Gasteiger partial charge is 0.384 e. The summed E-state index contributed by atoms with van der Waals surface area (Å²) in [7, 11) is 3.32. The molecular weight excluding hydrogens is 190 g/mol. The fourth-order valence-electron chi connectivity index (χ4n) is 0.899. The number of carbonyl (C=O) groups is 1. The fourth-order valence-corrected chi connectivity index (χ4v) is 1.11. The number of nitrogen functional groups attached to an aromatic ring is 1. The van der Waals surface area contributed by atoms with Gasteiger partial charge in [0.25, 0.3) is 5.91 Å². The number of anilines is 1. The Morgan fingerprint density at radius 3 is 2.62 bits per heavy atom. The quantitative estimate of drug-likeness (QED) is 0.687. The van der Waals surface area contributed by atoms with E-state index < -0.39 is 0 Å². The smallest absolute Gasteiger partial charge is 0.253 e. The van der Waals surface area contributed by atoms with Crippen molar-refractivity contribution in [1.82, 2.24) is 9.88 Å². The zero-order chi connectivity index (χ0) is 10.0. The Morgan fingerprint density at radius 1 is 1.54 bits per heavy atom. The first kappa shape index (κ1) is 9.80. The standard InChI is InChI=1S/C8H10ClN3O/c1-12(2)8(13)5-3-6(9)11-7(10)4-5/h3-4H,1-2H3,(H2,10,11). The van der Waals surface area contributed by atoms with Gasteiger partial charge in [-0.25, -0.2) is 4.98 Å². The van der Waals surface area contributed by atoms with Crippen molar-refractivity contribution >= 4 is 23.3 Å². The number of aromatic nitrogens is 1. The molecule has 5 heteroatoms. The highest BCUT2D eigenvalue weighted by molar-refractivity contribution is 6.29. The third kappa shape index (κ3) is 2.32. The molecule has 1 amide bonds. The predicted octanol–water partition coefficient (Wildman–Crippen LogP) is 1.02. The molecule has 0 aliphatic carbocycles. The molecule has 0 saturated heterocycles. The minimum absolute atomic E-state index is 0.143. The Labute approximate surface area is 81.3 Å². The first-order valence-corrected chi connectivity index (χ1v) is 4.03. The molecule has 0 aliphatic heterocycles. The summed E-state index contributed by atoms with van der Waals surface area (Å²) in [6.45, 7) is 0. The second-order valence-electron chi connectivity index (χ2n) is 2.80. The van der Waals surface area contributed by atoms with Crippen LogP contribution in [0.25, 0.3) is 0 Å². The highest BCUT2D eigenvalue weighted by Crippen LogP contribution is 2.13. The van der Waals surface area contributed by atoms with Crippen molar-refractivity contribution in [2.75, 3.05) is 19.8 Å². The van der Waals surface area contributed by atoms with Gasteiger partial charge in [-0.1, -0.05) is 11.6 Å². The Bertz CT molecular complexity index is 318. The Kier molecular flexibility index (Phi) is 2.72. The number of nitrogens with two attached hydrogens (primary N) is 1. The van der Waals surface area contributed by atoms with Crippen molar-refractivity contribution < 1.29 is 4.79 Å². The Hall–Kier alpha value is -1.29. The molecule has 1 aromatic heterocycles. The topological polar surface area (TPSA) is 59.2 Å². The molecule has 0 aromatic carbocycles. The molecule has 13 heavy (non-hydrogen) atoms. The van der Waals surface area contributed by atoms with Gasteiger partial charge in [0, 0.05) is 19.7 Å². The molecule has 0 bridgehead atoms. The maximum atomic E-state index is 11.4. The molecule has 2 N–H and O–H groups in total. The van der Waals surface area contributed by atoms with E-state index in [9.17, 15) is 4.79 Å². The van der Waals surface area contributed by atoms with E-state index in [1.165, 1.54) is 17.0 Å². The number of hydrogen-bond acceptors (Lipinski definition) is 3. The highest BCUT2D eigenvalue weighted by Gasteiger charge is 2.09. The molecule has 70 valence electrons. The van der Waals surface area contributed by atoms with E-state index in [0.717, 1.165) is 0 Å². The predicted molar refractivity (Wildman–Crippen MR) is 51.7 cm³/mol. The number of hydrogen-bond donors (Lipinski definition) is 1. The van der Waals surface area contributed by atoms with E-state index in [0.29, 0.717) is 5.56 Å². The molecule has 4 nitrogen and oxygen atoms in total. The Balaban J connectivity index is 3.08. The molecule has 0 saturated carbocycles. The van der Waals surface area contributed by atoms with Crippen LogP contribution in [-0.2, 0) is 0 Å². The fraction of sp³-hybridized carbons (Fsp3) is 0.250. The van der Waals surface area contributed by atoms with E-state index >= 15 is 0 Å². The van der Waals surface area contributed by atoms with Gasteiger partial charge in [0.05, 0.1) is 0 Å². The number of rotatable bonds is 1. The van der Waals surface area contributed by atoms with Crippen molar-refractivity contribution in [3.63, 3.8) is 0 Å². The van der Waals surface area contributed by atoms with Gasteiger partial charge < -0.3 is 10.6 Å². The zero-order valence-electron chi connectivity index (χ0n) is 7.41. The van der Waals surface area contributed by atoms with E-state index in [-0.39, 0.29) is 16.9 Å². The van der Waals surface area contributed by atoms with Crippen molar-refractivity contribution in [3.05, 3.63) is 22.8 Å². The lowest BCUT2D eigenvalue weighted by atomic mass is 10.2. The van der Waals surface area contributed by atoms with Crippen LogP contribution in [0.2, 0.25) is 5.15 Å². The summed E-state index contributed by atoms with van der Waals surface area (Å²) in [5.74, 6) is 0.105. The summed E-state index contributed by atoms with van der Waals surface area (Å²) < 4.78 is 0. The van der Waals surface area contributed by atoms with Gasteiger partial charge >= 0.3 is 0 Å². The molecule has 0 fully saturated rings. The second kappa shape index (κ2) is 3.62. The summed E-state index contributed by atoms with van der Waals surface area (Å²) in [5, 5.41) is 0.227. The molecule has 0 atom stereocenters. The summed E-state index contributed by atoms with van der Waals surface area (Å²) in [6, 6.07) is 2.98. The summed E-state index contributed by atoms with van der Waals surface area (Å²) >= 11 is 5.64. The number of amides is 1. The molecule has 0 spiro atoms. The van der Waals surface area contributed by atoms with E-state index in [1.54, 1.807) is 14.1 Å². The first-order chi connectivity index (χ1) is 6.00. The summed E-state index contributed by atoms with van der Waals surface area (Å²) in [4.78, 5) is 16.6. The minimum Gasteiger partial charge on any atom is -0.384 e. The lowest BCUT2D eigenvalue weighted by molar-refractivity contribution is 0.0827. The van der Waals surface area contributed by atoms with Gasteiger partial charge in [0.2, 0.25) is 0 Å². The lowest BCUT2D eigenvalue weighted by Crippen LogP contribution is -2.21. The van der Waals surface area contributed by atoms with Gasteiger partial charge in [-0.2, -0.15) is 0 Å². The average Bonchev–Trinajstić information content (AvgIpc) is 2.01. The lowest BCUT2D eigenvalue weighted by Gasteiger charge is -2.10. The monoisotopic (exact) mass is 199 g/mol. The van der Waals surface area contributed by atoms with Crippen LogP contribution < -0.4 is 5.73 Å². The first-order valence-electron chi connectivity index (χ1n) is 3.65. The molecule has 1 rings (SSSR count). The van der Waals surface area contributed by atoms with E-state index in [2.05, 4.69) is 4.98 Å². The SMILES string of the molecule is CN(C)C(=O)c1cc(N)nc(Cl)c1. The second-order valence-corrected chi connectivity index (χ2v) is 3.19. The Morgan fingerprint density at radius 2 is 2.15 bits per heavy atom. The number of carbonyl (C=O) groups excluding carboxylic acids is 1. The van der Waals surface area contributed by atoms with Gasteiger partial charge in [-0.3, -0.25) is 4.79 Å². The highest BCUT2D eigenvalue weighted by atomic mass is 35.5. The maximum Gasteiger partial charge on any atom is 0.253 e. The van der Waals surface area contributed by atoms with Crippen molar-refractivity contribution in [1.29, 1.82) is 0 Å². The van der Waals surface area contributed by atoms with Crippen LogP contribution in [0.5, 0.6) is 0 Å². The van der Waals surface area contributed by atoms with Gasteiger partial charge in [0.15, 0.2) is 0 Å². The average molecular weight is 200 g/mol. The van der Waals surface area contributed by atoms with Crippen molar-refractivity contribution in [2.45, 2.75) is 0 Å². The number of halogens is 1. The van der Waals surface area contributed by atoms with Crippen LogP contribution >= 0.6 is 11.6 Å². The maximum absolute atomic E-state index is 11.4. The molecule has 0 radical (unpaired) electrons. The molecular formula is C8H10ClN3O.